The maximum absolute atomic E-state index is 12.8. The zero-order chi connectivity index (χ0) is 19.5. The summed E-state index contributed by atoms with van der Waals surface area (Å²) in [5, 5.41) is 3.67. The number of carbonyl (C=O) groups excluding carboxylic acids is 1. The molecule has 1 aliphatic heterocycles. The number of anilines is 1. The lowest BCUT2D eigenvalue weighted by atomic mass is 10.0. The first-order chi connectivity index (χ1) is 13.7. The molecule has 0 atom stereocenters. The minimum atomic E-state index is -0.0802. The van der Waals surface area contributed by atoms with Gasteiger partial charge < -0.3 is 10.2 Å². The van der Waals surface area contributed by atoms with Crippen molar-refractivity contribution < 1.29 is 4.79 Å². The molecule has 1 aliphatic rings. The number of rotatable bonds is 3. The molecule has 28 heavy (non-hydrogen) atoms. The molecule has 2 heterocycles. The summed E-state index contributed by atoms with van der Waals surface area (Å²) in [5.41, 5.74) is 2.70. The van der Waals surface area contributed by atoms with Crippen LogP contribution < -0.4 is 10.9 Å². The highest BCUT2D eigenvalue weighted by Crippen LogP contribution is 2.23. The first-order valence-corrected chi connectivity index (χ1v) is 9.77. The van der Waals surface area contributed by atoms with Gasteiger partial charge in [-0.1, -0.05) is 37.3 Å². The molecule has 6 heteroatoms. The van der Waals surface area contributed by atoms with Crippen molar-refractivity contribution in [3.05, 3.63) is 70.8 Å². The van der Waals surface area contributed by atoms with Crippen LogP contribution in [0, 0.1) is 0 Å². The quantitative estimate of drug-likeness (QED) is 0.755. The predicted octanol–water partition coefficient (Wildman–Crippen LogP) is 3.83. The number of aromatic nitrogens is 2. The van der Waals surface area contributed by atoms with Crippen LogP contribution in [0.25, 0.3) is 10.9 Å². The second kappa shape index (κ2) is 7.84. The topological polar surface area (TPSA) is 67.2 Å². The number of hydrogen-bond acceptors (Lipinski definition) is 3. The largest absolute Gasteiger partial charge is 0.324 e. The van der Waals surface area contributed by atoms with Crippen LogP contribution in [0.15, 0.2) is 59.7 Å². The molecular formula is C22H24N4O2. The molecule has 0 unspecified atom stereocenters. The Bertz CT molecular complexity index is 1050. The molecule has 144 valence electrons. The van der Waals surface area contributed by atoms with Crippen LogP contribution in [0.1, 0.15) is 31.4 Å². The lowest BCUT2D eigenvalue weighted by molar-refractivity contribution is 0.182. The van der Waals surface area contributed by atoms with Crippen molar-refractivity contribution in [3.63, 3.8) is 0 Å². The summed E-state index contributed by atoms with van der Waals surface area (Å²) < 4.78 is 1.73. The van der Waals surface area contributed by atoms with E-state index >= 15 is 0 Å². The van der Waals surface area contributed by atoms with E-state index in [1.165, 1.54) is 0 Å². The molecule has 2 amide bonds. The Morgan fingerprint density at radius 3 is 2.61 bits per heavy atom. The standard InChI is InChI=1S/C22H24N4O2/c1-2-16-7-3-5-9-19(16)24-22(28)25-13-11-17(12-14-25)26-15-23-20-10-6-4-8-18(20)21(26)27/h3-10,15,17H,2,11-14H2,1H3,(H,24,28). The van der Waals surface area contributed by atoms with Gasteiger partial charge in [-0.3, -0.25) is 9.36 Å². The van der Waals surface area contributed by atoms with Gasteiger partial charge in [0.2, 0.25) is 0 Å². The highest BCUT2D eigenvalue weighted by Gasteiger charge is 2.25. The third-order valence-corrected chi connectivity index (χ3v) is 5.48. The maximum Gasteiger partial charge on any atom is 0.321 e. The zero-order valence-electron chi connectivity index (χ0n) is 16.0. The zero-order valence-corrected chi connectivity index (χ0v) is 16.0. The minimum Gasteiger partial charge on any atom is -0.324 e. The minimum absolute atomic E-state index is 0.00891. The van der Waals surface area contributed by atoms with E-state index in [0.29, 0.717) is 18.5 Å². The number of benzene rings is 2. The molecule has 3 aromatic rings. The van der Waals surface area contributed by atoms with E-state index in [0.717, 1.165) is 36.0 Å². The third kappa shape index (κ3) is 3.50. The van der Waals surface area contributed by atoms with E-state index in [9.17, 15) is 9.59 Å². The molecule has 0 saturated carbocycles. The predicted molar refractivity (Wildman–Crippen MR) is 111 cm³/mol. The van der Waals surface area contributed by atoms with Gasteiger partial charge in [0.25, 0.3) is 5.56 Å². The SMILES string of the molecule is CCc1ccccc1NC(=O)N1CCC(n2cnc3ccccc3c2=O)CC1. The van der Waals surface area contributed by atoms with E-state index in [-0.39, 0.29) is 17.6 Å². The van der Waals surface area contributed by atoms with E-state index in [1.807, 2.05) is 53.4 Å². The number of carbonyl (C=O) groups is 1. The first kappa shape index (κ1) is 18.2. The number of hydrogen-bond donors (Lipinski definition) is 1. The number of urea groups is 1. The van der Waals surface area contributed by atoms with Gasteiger partial charge in [0.05, 0.1) is 17.2 Å². The van der Waals surface area contributed by atoms with E-state index < -0.39 is 0 Å². The van der Waals surface area contributed by atoms with Gasteiger partial charge in [-0.05, 0) is 43.0 Å². The van der Waals surface area contributed by atoms with Crippen LogP contribution in [-0.4, -0.2) is 33.6 Å². The molecule has 1 fully saturated rings. The Hall–Kier alpha value is -3.15. The fraction of sp³-hybridized carbons (Fsp3) is 0.318. The van der Waals surface area contributed by atoms with Crippen molar-refractivity contribution >= 4 is 22.6 Å². The van der Waals surface area contributed by atoms with Crippen molar-refractivity contribution in [2.45, 2.75) is 32.2 Å². The Morgan fingerprint density at radius 1 is 1.11 bits per heavy atom. The Labute approximate surface area is 163 Å². The number of nitrogens with zero attached hydrogens (tertiary/aromatic N) is 3. The normalized spacial score (nSPS) is 15.0. The van der Waals surface area contributed by atoms with Crippen LogP contribution in [0.4, 0.5) is 10.5 Å². The molecule has 0 bridgehead atoms. The Balaban J connectivity index is 1.44. The lowest BCUT2D eigenvalue weighted by Gasteiger charge is -2.33. The van der Waals surface area contributed by atoms with Crippen molar-refractivity contribution in [3.8, 4) is 0 Å². The third-order valence-electron chi connectivity index (χ3n) is 5.48. The van der Waals surface area contributed by atoms with Crippen LogP contribution in [0.2, 0.25) is 0 Å². The molecule has 0 aliphatic carbocycles. The van der Waals surface area contributed by atoms with Gasteiger partial charge in [0.15, 0.2) is 0 Å². The number of aryl methyl sites for hydroxylation is 1. The summed E-state index contributed by atoms with van der Waals surface area (Å²) in [5.74, 6) is 0. The fourth-order valence-electron chi connectivity index (χ4n) is 3.84. The van der Waals surface area contributed by atoms with E-state index in [1.54, 1.807) is 10.9 Å². The summed E-state index contributed by atoms with van der Waals surface area (Å²) in [4.78, 5) is 31.7. The highest BCUT2D eigenvalue weighted by atomic mass is 16.2. The smallest absolute Gasteiger partial charge is 0.321 e. The molecule has 4 rings (SSSR count). The van der Waals surface area contributed by atoms with Gasteiger partial charge in [0.1, 0.15) is 0 Å². The maximum atomic E-state index is 12.8. The molecular weight excluding hydrogens is 352 g/mol. The molecule has 2 aromatic carbocycles. The Kier molecular flexibility index (Phi) is 5.10. The number of nitrogens with one attached hydrogen (secondary N) is 1. The summed E-state index contributed by atoms with van der Waals surface area (Å²) in [6, 6.07) is 15.3. The molecule has 1 saturated heterocycles. The summed E-state index contributed by atoms with van der Waals surface area (Å²) in [7, 11) is 0. The van der Waals surface area contributed by atoms with Gasteiger partial charge >= 0.3 is 6.03 Å². The molecule has 0 radical (unpaired) electrons. The van der Waals surface area contributed by atoms with Gasteiger partial charge in [-0.25, -0.2) is 9.78 Å². The summed E-state index contributed by atoms with van der Waals surface area (Å²) in [6.45, 7) is 3.31. The second-order valence-corrected chi connectivity index (χ2v) is 7.13. The number of amides is 2. The van der Waals surface area contributed by atoms with Crippen molar-refractivity contribution in [1.82, 2.24) is 14.5 Å². The van der Waals surface area contributed by atoms with Gasteiger partial charge in [-0.2, -0.15) is 0 Å². The number of para-hydroxylation sites is 2. The van der Waals surface area contributed by atoms with E-state index in [4.69, 9.17) is 0 Å². The molecule has 1 aromatic heterocycles. The van der Waals surface area contributed by atoms with Crippen LogP contribution in [0.3, 0.4) is 0 Å². The fourth-order valence-corrected chi connectivity index (χ4v) is 3.84. The summed E-state index contributed by atoms with van der Waals surface area (Å²) in [6.07, 6.45) is 3.99. The molecule has 1 N–H and O–H groups in total. The van der Waals surface area contributed by atoms with Gasteiger partial charge in [-0.15, -0.1) is 0 Å². The molecule has 0 spiro atoms. The van der Waals surface area contributed by atoms with Crippen molar-refractivity contribution in [2.75, 3.05) is 18.4 Å². The van der Waals surface area contributed by atoms with E-state index in [2.05, 4.69) is 17.2 Å². The molecule has 6 nitrogen and oxygen atoms in total. The number of likely N-dealkylation sites (tertiary alicyclic amines) is 1. The van der Waals surface area contributed by atoms with Crippen LogP contribution in [0.5, 0.6) is 0 Å². The average molecular weight is 376 g/mol. The van der Waals surface area contributed by atoms with Crippen LogP contribution in [-0.2, 0) is 6.42 Å². The number of piperidine rings is 1. The van der Waals surface area contributed by atoms with Gasteiger partial charge in [0, 0.05) is 24.8 Å². The lowest BCUT2D eigenvalue weighted by Crippen LogP contribution is -2.43. The van der Waals surface area contributed by atoms with Crippen molar-refractivity contribution in [1.29, 1.82) is 0 Å². The highest BCUT2D eigenvalue weighted by molar-refractivity contribution is 5.90. The van der Waals surface area contributed by atoms with Crippen LogP contribution >= 0.6 is 0 Å². The second-order valence-electron chi connectivity index (χ2n) is 7.13. The monoisotopic (exact) mass is 376 g/mol. The average Bonchev–Trinajstić information content (AvgIpc) is 2.75. The summed E-state index contributed by atoms with van der Waals surface area (Å²) >= 11 is 0. The first-order valence-electron chi connectivity index (χ1n) is 9.77. The Morgan fingerprint density at radius 2 is 1.82 bits per heavy atom. The van der Waals surface area contributed by atoms with Crippen molar-refractivity contribution in [2.24, 2.45) is 0 Å². The number of fused-ring (bicyclic) bond motifs is 1.